The summed E-state index contributed by atoms with van der Waals surface area (Å²) in [5.74, 6) is 1.80. The number of ether oxygens (including phenoxy) is 1. The molecule has 1 aliphatic carbocycles. The summed E-state index contributed by atoms with van der Waals surface area (Å²) in [6.07, 6.45) is 8.11. The van der Waals surface area contributed by atoms with Gasteiger partial charge in [0.15, 0.2) is 0 Å². The minimum atomic E-state index is 0.502. The Bertz CT molecular complexity index is 791. The van der Waals surface area contributed by atoms with E-state index in [4.69, 9.17) is 4.74 Å². The lowest BCUT2D eigenvalue weighted by molar-refractivity contribution is 0.149. The number of nitrogens with one attached hydrogen (secondary N) is 1. The number of hydrogen-bond acceptors (Lipinski definition) is 5. The van der Waals surface area contributed by atoms with Crippen LogP contribution in [0.3, 0.4) is 0 Å². The molecule has 5 nitrogen and oxygen atoms in total. The van der Waals surface area contributed by atoms with Crippen LogP contribution in [0, 0.1) is 5.92 Å². The zero-order valence-electron chi connectivity index (χ0n) is 17.2. The molecule has 1 saturated carbocycles. The molecule has 3 fully saturated rings. The predicted molar refractivity (Wildman–Crippen MR) is 114 cm³/mol. The maximum atomic E-state index is 5.94. The van der Waals surface area contributed by atoms with Crippen molar-refractivity contribution in [3.05, 3.63) is 53.3 Å². The smallest absolute Gasteiger partial charge is 0.316 e. The van der Waals surface area contributed by atoms with Crippen molar-refractivity contribution in [1.29, 1.82) is 0 Å². The van der Waals surface area contributed by atoms with E-state index in [9.17, 15) is 0 Å². The van der Waals surface area contributed by atoms with Crippen LogP contribution < -0.4 is 10.1 Å². The number of nitrogens with zero attached hydrogens (tertiary/aromatic N) is 3. The molecule has 5 rings (SSSR count). The minimum Gasteiger partial charge on any atom is -0.463 e. The first-order chi connectivity index (χ1) is 14.3. The van der Waals surface area contributed by atoms with E-state index in [0.29, 0.717) is 23.8 Å². The second-order valence-corrected chi connectivity index (χ2v) is 9.02. The van der Waals surface area contributed by atoms with E-state index < -0.39 is 0 Å². The minimum absolute atomic E-state index is 0.502. The molecule has 29 heavy (non-hydrogen) atoms. The van der Waals surface area contributed by atoms with Crippen molar-refractivity contribution in [2.45, 2.75) is 50.5 Å². The molecular weight excluding hydrogens is 360 g/mol. The Labute approximate surface area is 173 Å². The van der Waals surface area contributed by atoms with Gasteiger partial charge in [-0.05, 0) is 80.8 Å². The van der Waals surface area contributed by atoms with Gasteiger partial charge in [-0.1, -0.05) is 24.3 Å². The fourth-order valence-corrected chi connectivity index (χ4v) is 4.99. The highest BCUT2D eigenvalue weighted by Gasteiger charge is 2.31. The van der Waals surface area contributed by atoms with Crippen LogP contribution in [0.2, 0.25) is 0 Å². The van der Waals surface area contributed by atoms with Crippen LogP contribution in [0.5, 0.6) is 6.01 Å². The first-order valence-electron chi connectivity index (χ1n) is 11.3. The lowest BCUT2D eigenvalue weighted by atomic mass is 9.72. The monoisotopic (exact) mass is 392 g/mol. The molecule has 0 amide bonds. The standard InChI is InChI=1S/C24H32N4O/c1-2-12-28(11-1)16-18-3-5-20(6-4-18)22-13-19(14-22)17-29-24-26-10-8-23(27-24)21-7-9-25-15-21/h3-6,8,10,19,21-22,25H,1-2,7,9,11-17H2. The molecular formula is C24H32N4O. The van der Waals surface area contributed by atoms with Gasteiger partial charge in [-0.2, -0.15) is 4.98 Å². The molecule has 2 aromatic rings. The summed E-state index contributed by atoms with van der Waals surface area (Å²) in [7, 11) is 0. The Morgan fingerprint density at radius 1 is 1.03 bits per heavy atom. The van der Waals surface area contributed by atoms with Gasteiger partial charge in [0.25, 0.3) is 0 Å². The molecule has 154 valence electrons. The maximum absolute atomic E-state index is 5.94. The average Bonchev–Trinajstić information content (AvgIpc) is 3.42. The van der Waals surface area contributed by atoms with Crippen LogP contribution in [-0.2, 0) is 6.54 Å². The highest BCUT2D eigenvalue weighted by molar-refractivity contribution is 5.27. The molecule has 2 saturated heterocycles. The molecule has 0 bridgehead atoms. The van der Waals surface area contributed by atoms with Crippen LogP contribution in [0.25, 0.3) is 0 Å². The summed E-state index contributed by atoms with van der Waals surface area (Å²) >= 11 is 0. The third kappa shape index (κ3) is 4.62. The lowest BCUT2D eigenvalue weighted by Gasteiger charge is -2.35. The number of rotatable bonds is 7. The number of aromatic nitrogens is 2. The van der Waals surface area contributed by atoms with Gasteiger partial charge in [0.2, 0.25) is 0 Å². The highest BCUT2D eigenvalue weighted by Crippen LogP contribution is 2.41. The first kappa shape index (κ1) is 19.0. The molecule has 0 radical (unpaired) electrons. The van der Waals surface area contributed by atoms with E-state index in [1.54, 1.807) is 0 Å². The summed E-state index contributed by atoms with van der Waals surface area (Å²) in [6.45, 7) is 6.45. The average molecular weight is 393 g/mol. The second kappa shape index (κ2) is 8.80. The van der Waals surface area contributed by atoms with Crippen LogP contribution in [-0.4, -0.2) is 47.7 Å². The summed E-state index contributed by atoms with van der Waals surface area (Å²) < 4.78 is 5.94. The number of benzene rings is 1. The molecule has 1 unspecified atom stereocenters. The molecule has 1 atom stereocenters. The fourth-order valence-electron chi connectivity index (χ4n) is 4.99. The summed E-state index contributed by atoms with van der Waals surface area (Å²) in [5, 5.41) is 3.40. The topological polar surface area (TPSA) is 50.3 Å². The van der Waals surface area contributed by atoms with Crippen molar-refractivity contribution < 1.29 is 4.74 Å². The third-order valence-electron chi connectivity index (χ3n) is 6.87. The summed E-state index contributed by atoms with van der Waals surface area (Å²) in [5.41, 5.74) is 4.04. The fraction of sp³-hybridized carbons (Fsp3) is 0.583. The van der Waals surface area contributed by atoms with Crippen molar-refractivity contribution in [3.8, 4) is 6.01 Å². The van der Waals surface area contributed by atoms with Crippen molar-refractivity contribution in [1.82, 2.24) is 20.2 Å². The van der Waals surface area contributed by atoms with Crippen LogP contribution in [0.15, 0.2) is 36.5 Å². The Morgan fingerprint density at radius 3 is 2.62 bits per heavy atom. The van der Waals surface area contributed by atoms with Crippen LogP contribution in [0.4, 0.5) is 0 Å². The molecule has 3 aliphatic rings. The van der Waals surface area contributed by atoms with Crippen molar-refractivity contribution >= 4 is 0 Å². The van der Waals surface area contributed by atoms with Crippen molar-refractivity contribution in [2.75, 3.05) is 32.8 Å². The Hall–Kier alpha value is -1.98. The molecule has 1 aromatic carbocycles. The predicted octanol–water partition coefficient (Wildman–Crippen LogP) is 3.72. The highest BCUT2D eigenvalue weighted by atomic mass is 16.5. The van der Waals surface area contributed by atoms with E-state index in [2.05, 4.69) is 44.5 Å². The van der Waals surface area contributed by atoms with E-state index in [1.807, 2.05) is 12.3 Å². The normalized spacial score (nSPS) is 27.1. The zero-order valence-corrected chi connectivity index (χ0v) is 17.2. The van der Waals surface area contributed by atoms with Crippen LogP contribution >= 0.6 is 0 Å². The Kier molecular flexibility index (Phi) is 5.77. The van der Waals surface area contributed by atoms with Gasteiger partial charge >= 0.3 is 6.01 Å². The van der Waals surface area contributed by atoms with Crippen molar-refractivity contribution in [3.63, 3.8) is 0 Å². The maximum Gasteiger partial charge on any atom is 0.316 e. The molecule has 1 N–H and O–H groups in total. The van der Waals surface area contributed by atoms with Gasteiger partial charge in [-0.15, -0.1) is 0 Å². The zero-order chi connectivity index (χ0) is 19.5. The van der Waals surface area contributed by atoms with E-state index in [-0.39, 0.29) is 0 Å². The van der Waals surface area contributed by atoms with Crippen LogP contribution in [0.1, 0.15) is 60.8 Å². The van der Waals surface area contributed by atoms with Gasteiger partial charge in [-0.3, -0.25) is 4.90 Å². The summed E-state index contributed by atoms with van der Waals surface area (Å²) in [6, 6.07) is 11.9. The van der Waals surface area contributed by atoms with Gasteiger partial charge < -0.3 is 10.1 Å². The SMILES string of the molecule is c1cc(C2CCNC2)nc(OCC2CC(c3ccc(CN4CCCC4)cc3)C2)n1. The Balaban J connectivity index is 1.08. The third-order valence-corrected chi connectivity index (χ3v) is 6.87. The first-order valence-corrected chi connectivity index (χ1v) is 11.3. The van der Waals surface area contributed by atoms with Gasteiger partial charge in [0.1, 0.15) is 0 Å². The quantitative estimate of drug-likeness (QED) is 0.778. The Morgan fingerprint density at radius 2 is 1.86 bits per heavy atom. The van der Waals surface area contributed by atoms with E-state index in [0.717, 1.165) is 38.4 Å². The second-order valence-electron chi connectivity index (χ2n) is 9.02. The van der Waals surface area contributed by atoms with Crippen molar-refractivity contribution in [2.24, 2.45) is 5.92 Å². The van der Waals surface area contributed by atoms with E-state index in [1.165, 1.54) is 49.9 Å². The molecule has 0 spiro atoms. The number of hydrogen-bond donors (Lipinski definition) is 1. The molecule has 3 heterocycles. The molecule has 2 aliphatic heterocycles. The largest absolute Gasteiger partial charge is 0.463 e. The van der Waals surface area contributed by atoms with E-state index >= 15 is 0 Å². The lowest BCUT2D eigenvalue weighted by Crippen LogP contribution is -2.27. The molecule has 5 heteroatoms. The summed E-state index contributed by atoms with van der Waals surface area (Å²) in [4.78, 5) is 11.5. The van der Waals surface area contributed by atoms with Gasteiger partial charge in [-0.25, -0.2) is 4.98 Å². The van der Waals surface area contributed by atoms with Gasteiger partial charge in [0.05, 0.1) is 12.3 Å². The number of likely N-dealkylation sites (tertiary alicyclic amines) is 1. The molecule has 1 aromatic heterocycles. The van der Waals surface area contributed by atoms with Gasteiger partial charge in [0, 0.05) is 25.2 Å².